The molecule has 4 rings (SSSR count). The van der Waals surface area contributed by atoms with Crippen LogP contribution in [-0.4, -0.2) is 27.8 Å². The van der Waals surface area contributed by atoms with Crippen LogP contribution in [0.5, 0.6) is 0 Å². The fourth-order valence-corrected chi connectivity index (χ4v) is 3.70. The summed E-state index contributed by atoms with van der Waals surface area (Å²) < 4.78 is 1.93. The zero-order chi connectivity index (χ0) is 19.3. The summed E-state index contributed by atoms with van der Waals surface area (Å²) in [6.07, 6.45) is 6.67. The normalized spacial score (nSPS) is 15.6. The van der Waals surface area contributed by atoms with Crippen molar-refractivity contribution in [1.82, 2.24) is 14.7 Å². The van der Waals surface area contributed by atoms with Crippen LogP contribution in [0.2, 0.25) is 0 Å². The molecule has 1 aliphatic heterocycles. The van der Waals surface area contributed by atoms with E-state index < -0.39 is 0 Å². The molecule has 0 bridgehead atoms. The van der Waals surface area contributed by atoms with Crippen LogP contribution >= 0.6 is 0 Å². The molecule has 1 N–H and O–H groups in total. The summed E-state index contributed by atoms with van der Waals surface area (Å²) >= 11 is 0. The first kappa shape index (κ1) is 18.8. The minimum Gasteiger partial charge on any atom is -0.381 e. The molecule has 0 spiro atoms. The van der Waals surface area contributed by atoms with E-state index in [0.717, 1.165) is 30.4 Å². The largest absolute Gasteiger partial charge is 0.381 e. The van der Waals surface area contributed by atoms with Gasteiger partial charge in [0.05, 0.1) is 11.9 Å². The Bertz CT molecular complexity index is 872. The van der Waals surface area contributed by atoms with Crippen LogP contribution in [0.3, 0.4) is 0 Å². The third-order valence-corrected chi connectivity index (χ3v) is 5.67. The Balaban J connectivity index is 1.30. The van der Waals surface area contributed by atoms with E-state index in [9.17, 15) is 0 Å². The van der Waals surface area contributed by atoms with E-state index in [4.69, 9.17) is 0 Å². The third-order valence-electron chi connectivity index (χ3n) is 5.67. The fourth-order valence-electron chi connectivity index (χ4n) is 3.70. The molecule has 4 nitrogen and oxygen atoms in total. The highest BCUT2D eigenvalue weighted by atomic mass is 15.3. The van der Waals surface area contributed by atoms with Gasteiger partial charge in [0.15, 0.2) is 0 Å². The maximum atomic E-state index is 4.48. The molecule has 1 aromatic heterocycles. The molecule has 2 heterocycles. The number of aryl methyl sites for hydroxylation is 1. The quantitative estimate of drug-likeness (QED) is 0.657. The van der Waals surface area contributed by atoms with Crippen molar-refractivity contribution in [2.45, 2.75) is 39.8 Å². The lowest BCUT2D eigenvalue weighted by Gasteiger charge is -2.30. The summed E-state index contributed by atoms with van der Waals surface area (Å²) in [5.74, 6) is 0.887. The molecule has 4 heteroatoms. The Morgan fingerprint density at radius 3 is 2.39 bits per heavy atom. The van der Waals surface area contributed by atoms with Crippen LogP contribution < -0.4 is 5.32 Å². The predicted molar refractivity (Wildman–Crippen MR) is 116 cm³/mol. The molecule has 2 aromatic carbocycles. The van der Waals surface area contributed by atoms with Crippen molar-refractivity contribution in [3.8, 4) is 5.69 Å². The Hall–Kier alpha value is -2.59. The predicted octanol–water partition coefficient (Wildman–Crippen LogP) is 5.02. The van der Waals surface area contributed by atoms with E-state index in [2.05, 4.69) is 83.9 Å². The number of nitrogens with one attached hydrogen (secondary N) is 1. The van der Waals surface area contributed by atoms with Gasteiger partial charge >= 0.3 is 0 Å². The van der Waals surface area contributed by atoms with Gasteiger partial charge in [-0.1, -0.05) is 36.8 Å². The van der Waals surface area contributed by atoms with Crippen molar-refractivity contribution in [2.24, 2.45) is 5.92 Å². The van der Waals surface area contributed by atoms with Crippen molar-refractivity contribution in [2.75, 3.05) is 18.4 Å². The zero-order valence-electron chi connectivity index (χ0n) is 16.9. The summed E-state index contributed by atoms with van der Waals surface area (Å²) in [6.45, 7) is 8.76. The summed E-state index contributed by atoms with van der Waals surface area (Å²) in [4.78, 5) is 2.57. The molecule has 1 fully saturated rings. The lowest BCUT2D eigenvalue weighted by molar-refractivity contribution is 0.185. The van der Waals surface area contributed by atoms with Crippen LogP contribution in [0.25, 0.3) is 5.69 Å². The molecular formula is C24H30N4. The summed E-state index contributed by atoms with van der Waals surface area (Å²) in [5.41, 5.74) is 6.07. The number of piperidine rings is 1. The molecule has 0 saturated carbocycles. The minimum absolute atomic E-state index is 0.773. The first-order valence-corrected chi connectivity index (χ1v) is 10.3. The average molecular weight is 375 g/mol. The minimum atomic E-state index is 0.773. The maximum Gasteiger partial charge on any atom is 0.0645 e. The number of nitrogens with zero attached hydrogens (tertiary/aromatic N) is 3. The molecule has 0 atom stereocenters. The van der Waals surface area contributed by atoms with Crippen molar-refractivity contribution in [1.29, 1.82) is 0 Å². The number of hydrogen-bond donors (Lipinski definition) is 1. The first-order valence-electron chi connectivity index (χ1n) is 10.3. The molecule has 0 unspecified atom stereocenters. The Labute approximate surface area is 168 Å². The van der Waals surface area contributed by atoms with Crippen LogP contribution in [0, 0.1) is 12.8 Å². The van der Waals surface area contributed by atoms with Crippen molar-refractivity contribution in [3.05, 3.63) is 77.6 Å². The topological polar surface area (TPSA) is 33.1 Å². The molecule has 3 aromatic rings. The van der Waals surface area contributed by atoms with Gasteiger partial charge in [-0.25, -0.2) is 4.68 Å². The second-order valence-corrected chi connectivity index (χ2v) is 8.14. The number of benzene rings is 2. The fraction of sp³-hybridized carbons (Fsp3) is 0.375. The van der Waals surface area contributed by atoms with Gasteiger partial charge in [0.25, 0.3) is 0 Å². The number of hydrogen-bond acceptors (Lipinski definition) is 3. The number of anilines is 1. The van der Waals surface area contributed by atoms with Crippen LogP contribution in [0.15, 0.2) is 60.9 Å². The van der Waals surface area contributed by atoms with Gasteiger partial charge in [-0.2, -0.15) is 5.10 Å². The van der Waals surface area contributed by atoms with E-state index >= 15 is 0 Å². The molecule has 0 amide bonds. The van der Waals surface area contributed by atoms with Gasteiger partial charge in [-0.05, 0) is 68.6 Å². The summed E-state index contributed by atoms with van der Waals surface area (Å²) in [5, 5.41) is 7.99. The number of aromatic nitrogens is 2. The SMILES string of the molecule is Cc1ccc(-n2cc(CNc3ccc(CN4CCC(C)CC4)cc3)cn2)cc1. The Kier molecular flexibility index (Phi) is 5.77. The molecule has 0 aliphatic carbocycles. The van der Waals surface area contributed by atoms with Crippen LogP contribution in [-0.2, 0) is 13.1 Å². The third kappa shape index (κ3) is 4.82. The van der Waals surface area contributed by atoms with Crippen molar-refractivity contribution < 1.29 is 0 Å². The molecule has 1 saturated heterocycles. The zero-order valence-corrected chi connectivity index (χ0v) is 16.9. The highest BCUT2D eigenvalue weighted by Gasteiger charge is 2.15. The standard InChI is InChI=1S/C24H30N4/c1-19-3-9-24(10-4-19)28-18-22(16-26-28)15-25-23-7-5-21(6-8-23)17-27-13-11-20(2)12-14-27/h3-10,16,18,20,25H,11-15,17H2,1-2H3. The van der Waals surface area contributed by atoms with E-state index in [-0.39, 0.29) is 0 Å². The van der Waals surface area contributed by atoms with Gasteiger partial charge < -0.3 is 5.32 Å². The van der Waals surface area contributed by atoms with Crippen LogP contribution in [0.4, 0.5) is 5.69 Å². The van der Waals surface area contributed by atoms with E-state index in [1.54, 1.807) is 0 Å². The van der Waals surface area contributed by atoms with E-state index in [1.165, 1.54) is 42.6 Å². The Morgan fingerprint density at radius 1 is 0.964 bits per heavy atom. The van der Waals surface area contributed by atoms with Crippen LogP contribution in [0.1, 0.15) is 36.5 Å². The van der Waals surface area contributed by atoms with Crippen molar-refractivity contribution in [3.63, 3.8) is 0 Å². The second-order valence-electron chi connectivity index (χ2n) is 8.14. The summed E-state index contributed by atoms with van der Waals surface area (Å²) in [6, 6.07) is 17.3. The van der Waals surface area contributed by atoms with Gasteiger partial charge in [-0.3, -0.25) is 4.90 Å². The lowest BCUT2D eigenvalue weighted by Crippen LogP contribution is -2.32. The van der Waals surface area contributed by atoms with Gasteiger partial charge in [-0.15, -0.1) is 0 Å². The molecule has 28 heavy (non-hydrogen) atoms. The maximum absolute atomic E-state index is 4.48. The number of likely N-dealkylation sites (tertiary alicyclic amines) is 1. The number of rotatable bonds is 6. The Morgan fingerprint density at radius 2 is 1.68 bits per heavy atom. The summed E-state index contributed by atoms with van der Waals surface area (Å²) in [7, 11) is 0. The molecule has 146 valence electrons. The van der Waals surface area contributed by atoms with Gasteiger partial charge in [0.2, 0.25) is 0 Å². The van der Waals surface area contributed by atoms with Gasteiger partial charge in [0.1, 0.15) is 0 Å². The highest BCUT2D eigenvalue weighted by Crippen LogP contribution is 2.19. The molecule has 1 aliphatic rings. The first-order chi connectivity index (χ1) is 13.7. The average Bonchev–Trinajstić information content (AvgIpc) is 3.19. The second kappa shape index (κ2) is 8.61. The molecular weight excluding hydrogens is 344 g/mol. The van der Waals surface area contributed by atoms with Crippen molar-refractivity contribution >= 4 is 5.69 Å². The highest BCUT2D eigenvalue weighted by molar-refractivity contribution is 5.45. The van der Waals surface area contributed by atoms with E-state index in [1.807, 2.05) is 10.9 Å². The lowest BCUT2D eigenvalue weighted by atomic mass is 9.99. The monoisotopic (exact) mass is 374 g/mol. The smallest absolute Gasteiger partial charge is 0.0645 e. The molecule has 0 radical (unpaired) electrons. The van der Waals surface area contributed by atoms with Gasteiger partial charge in [0, 0.05) is 30.5 Å². The van der Waals surface area contributed by atoms with E-state index in [0.29, 0.717) is 0 Å².